The van der Waals surface area contributed by atoms with Gasteiger partial charge in [0.05, 0.1) is 6.04 Å². The largest absolute Gasteiger partial charge is 0.449 e. The normalized spacial score (nSPS) is 13.0. The Bertz CT molecular complexity index is 595. The molecular formula is C16H19Cl2NO3. The van der Waals surface area contributed by atoms with Crippen molar-refractivity contribution in [1.82, 2.24) is 5.32 Å². The van der Waals surface area contributed by atoms with Crippen LogP contribution in [0.5, 0.6) is 0 Å². The first-order valence-electron chi connectivity index (χ1n) is 6.81. The first kappa shape index (κ1) is 18.5. The first-order valence-corrected chi connectivity index (χ1v) is 7.57. The van der Waals surface area contributed by atoms with Gasteiger partial charge in [0.25, 0.3) is 5.91 Å². The third kappa shape index (κ3) is 5.70. The fraction of sp³-hybridized carbons (Fsp3) is 0.375. The van der Waals surface area contributed by atoms with Crippen molar-refractivity contribution >= 4 is 35.1 Å². The van der Waals surface area contributed by atoms with Crippen molar-refractivity contribution in [3.63, 3.8) is 0 Å². The van der Waals surface area contributed by atoms with E-state index in [-0.39, 0.29) is 6.04 Å². The molecule has 6 heteroatoms. The quantitative estimate of drug-likeness (QED) is 0.647. The van der Waals surface area contributed by atoms with E-state index in [2.05, 4.69) is 5.32 Å². The molecular weight excluding hydrogens is 325 g/mol. The summed E-state index contributed by atoms with van der Waals surface area (Å²) >= 11 is 11.9. The van der Waals surface area contributed by atoms with Crippen molar-refractivity contribution in [3.8, 4) is 0 Å². The molecule has 0 bridgehead atoms. The van der Waals surface area contributed by atoms with Crippen LogP contribution in [0.4, 0.5) is 0 Å². The number of nitrogens with one attached hydrogen (secondary N) is 1. The average molecular weight is 344 g/mol. The summed E-state index contributed by atoms with van der Waals surface area (Å²) in [7, 11) is 0. The zero-order chi connectivity index (χ0) is 16.9. The number of rotatable bonds is 5. The van der Waals surface area contributed by atoms with Crippen LogP contribution in [-0.4, -0.2) is 18.0 Å². The van der Waals surface area contributed by atoms with Crippen molar-refractivity contribution in [1.29, 1.82) is 0 Å². The van der Waals surface area contributed by atoms with Crippen LogP contribution < -0.4 is 5.32 Å². The molecule has 1 aromatic rings. The maximum Gasteiger partial charge on any atom is 0.331 e. The average Bonchev–Trinajstić information content (AvgIpc) is 2.36. The monoisotopic (exact) mass is 343 g/mol. The molecule has 0 saturated heterocycles. The molecule has 22 heavy (non-hydrogen) atoms. The fourth-order valence-electron chi connectivity index (χ4n) is 1.76. The lowest BCUT2D eigenvalue weighted by Crippen LogP contribution is -2.37. The van der Waals surface area contributed by atoms with Gasteiger partial charge in [-0.25, -0.2) is 4.79 Å². The summed E-state index contributed by atoms with van der Waals surface area (Å²) in [5.74, 6) is -0.936. The summed E-state index contributed by atoms with van der Waals surface area (Å²) in [6.45, 7) is 6.85. The van der Waals surface area contributed by atoms with E-state index in [1.165, 1.54) is 13.0 Å². The van der Waals surface area contributed by atoms with Gasteiger partial charge in [0.2, 0.25) is 0 Å². The van der Waals surface area contributed by atoms with Gasteiger partial charge < -0.3 is 10.1 Å². The van der Waals surface area contributed by atoms with Crippen LogP contribution in [0.1, 0.15) is 39.3 Å². The molecule has 0 unspecified atom stereocenters. The number of hydrogen-bond donors (Lipinski definition) is 1. The first-order chi connectivity index (χ1) is 10.2. The zero-order valence-corrected chi connectivity index (χ0v) is 14.5. The van der Waals surface area contributed by atoms with Gasteiger partial charge in [0.1, 0.15) is 0 Å². The van der Waals surface area contributed by atoms with Crippen molar-refractivity contribution in [2.75, 3.05) is 0 Å². The smallest absolute Gasteiger partial charge is 0.331 e. The Balaban J connectivity index is 2.67. The SMILES string of the molecule is CC(C)=CC(=O)O[C@H](C)C(=O)N[C@@H](C)c1ccc(Cl)cc1Cl. The molecule has 120 valence electrons. The minimum Gasteiger partial charge on any atom is -0.449 e. The van der Waals surface area contributed by atoms with Gasteiger partial charge in [-0.15, -0.1) is 0 Å². The Kier molecular flexibility index (Phi) is 6.91. The number of benzene rings is 1. The Morgan fingerprint density at radius 2 is 1.86 bits per heavy atom. The van der Waals surface area contributed by atoms with Gasteiger partial charge in [0.15, 0.2) is 6.10 Å². The minimum atomic E-state index is -0.892. The molecule has 0 radical (unpaired) electrons. The summed E-state index contributed by atoms with van der Waals surface area (Å²) in [5.41, 5.74) is 1.54. The molecule has 0 spiro atoms. The summed E-state index contributed by atoms with van der Waals surface area (Å²) in [6.07, 6.45) is 0.445. The molecule has 0 saturated carbocycles. The van der Waals surface area contributed by atoms with Gasteiger partial charge in [-0.1, -0.05) is 34.8 Å². The second-order valence-corrected chi connectivity index (χ2v) is 6.04. The molecule has 1 rings (SSSR count). The Labute approximate surface area is 140 Å². The van der Waals surface area contributed by atoms with E-state index in [0.29, 0.717) is 10.0 Å². The molecule has 0 aromatic heterocycles. The summed E-state index contributed by atoms with van der Waals surface area (Å²) in [4.78, 5) is 23.5. The van der Waals surface area contributed by atoms with Crippen LogP contribution >= 0.6 is 23.2 Å². The van der Waals surface area contributed by atoms with Gasteiger partial charge in [-0.05, 0) is 45.4 Å². The van der Waals surface area contributed by atoms with E-state index in [1.54, 1.807) is 39.0 Å². The van der Waals surface area contributed by atoms with Gasteiger partial charge in [-0.2, -0.15) is 0 Å². The van der Waals surface area contributed by atoms with Crippen LogP contribution in [0.15, 0.2) is 29.8 Å². The highest BCUT2D eigenvalue weighted by Crippen LogP contribution is 2.26. The molecule has 0 aliphatic rings. The van der Waals surface area contributed by atoms with Crippen molar-refractivity contribution in [2.45, 2.75) is 39.8 Å². The zero-order valence-electron chi connectivity index (χ0n) is 12.9. The summed E-state index contributed by atoms with van der Waals surface area (Å²) < 4.78 is 5.03. The lowest BCUT2D eigenvalue weighted by Gasteiger charge is -2.19. The van der Waals surface area contributed by atoms with E-state index in [1.807, 2.05) is 0 Å². The molecule has 2 atom stereocenters. The molecule has 0 aliphatic carbocycles. The lowest BCUT2D eigenvalue weighted by molar-refractivity contribution is -0.150. The minimum absolute atomic E-state index is 0.332. The Morgan fingerprint density at radius 1 is 1.23 bits per heavy atom. The third-order valence-electron chi connectivity index (χ3n) is 2.86. The number of halogens is 2. The van der Waals surface area contributed by atoms with E-state index < -0.39 is 18.0 Å². The maximum absolute atomic E-state index is 12.0. The lowest BCUT2D eigenvalue weighted by atomic mass is 10.1. The van der Waals surface area contributed by atoms with Gasteiger partial charge in [0, 0.05) is 16.1 Å². The molecule has 0 aliphatic heterocycles. The molecule has 0 fully saturated rings. The molecule has 1 aromatic carbocycles. The molecule has 1 amide bonds. The second-order valence-electron chi connectivity index (χ2n) is 5.20. The molecule has 4 nitrogen and oxygen atoms in total. The number of ether oxygens (including phenoxy) is 1. The highest BCUT2D eigenvalue weighted by atomic mass is 35.5. The number of allylic oxidation sites excluding steroid dienone is 1. The van der Waals surface area contributed by atoms with Crippen LogP contribution in [0, 0.1) is 0 Å². The molecule has 1 N–H and O–H groups in total. The van der Waals surface area contributed by atoms with Crippen LogP contribution in [0.25, 0.3) is 0 Å². The number of carbonyl (C=O) groups is 2. The van der Waals surface area contributed by atoms with Gasteiger partial charge in [-0.3, -0.25) is 4.79 Å². The topological polar surface area (TPSA) is 55.4 Å². The summed E-state index contributed by atoms with van der Waals surface area (Å²) in [5, 5.41) is 3.74. The van der Waals surface area contributed by atoms with Crippen LogP contribution in [-0.2, 0) is 14.3 Å². The van der Waals surface area contributed by atoms with Gasteiger partial charge >= 0.3 is 5.97 Å². The number of hydrogen-bond acceptors (Lipinski definition) is 3. The van der Waals surface area contributed by atoms with Crippen molar-refractivity contribution < 1.29 is 14.3 Å². The highest BCUT2D eigenvalue weighted by Gasteiger charge is 2.20. The van der Waals surface area contributed by atoms with E-state index in [9.17, 15) is 9.59 Å². The van der Waals surface area contributed by atoms with Crippen LogP contribution in [0.3, 0.4) is 0 Å². The van der Waals surface area contributed by atoms with Crippen molar-refractivity contribution in [2.24, 2.45) is 0 Å². The highest BCUT2D eigenvalue weighted by molar-refractivity contribution is 6.35. The summed E-state index contributed by atoms with van der Waals surface area (Å²) in [6, 6.07) is 4.72. The van der Waals surface area contributed by atoms with Crippen molar-refractivity contribution in [3.05, 3.63) is 45.5 Å². The number of carbonyl (C=O) groups excluding carboxylic acids is 2. The third-order valence-corrected chi connectivity index (χ3v) is 3.42. The molecule has 0 heterocycles. The van der Waals surface area contributed by atoms with E-state index in [4.69, 9.17) is 27.9 Å². The predicted octanol–water partition coefficient (Wildman–Crippen LogP) is 4.07. The number of amides is 1. The maximum atomic E-state index is 12.0. The number of esters is 1. The fourth-order valence-corrected chi connectivity index (χ4v) is 2.33. The van der Waals surface area contributed by atoms with E-state index >= 15 is 0 Å². The predicted molar refractivity (Wildman–Crippen MR) is 88.0 cm³/mol. The van der Waals surface area contributed by atoms with E-state index in [0.717, 1.165) is 11.1 Å². The Morgan fingerprint density at radius 3 is 2.41 bits per heavy atom. The second kappa shape index (κ2) is 8.20. The standard InChI is InChI=1S/C16H19Cl2NO3/c1-9(2)7-15(20)22-11(4)16(21)19-10(3)13-6-5-12(17)8-14(13)18/h5-8,10-11H,1-4H3,(H,19,21)/t10-,11+/m0/s1. The van der Waals surface area contributed by atoms with Crippen LogP contribution in [0.2, 0.25) is 10.0 Å². The Hall–Kier alpha value is -1.52.